The molecule has 2 rings (SSSR count). The molecule has 0 atom stereocenters. The van der Waals surface area contributed by atoms with Crippen LogP contribution in [0.15, 0.2) is 48.5 Å². The Balaban J connectivity index is 2.11. The van der Waals surface area contributed by atoms with Crippen molar-refractivity contribution in [2.45, 2.75) is 13.8 Å². The lowest BCUT2D eigenvalue weighted by molar-refractivity contribution is -0.120. The van der Waals surface area contributed by atoms with Gasteiger partial charge in [0.1, 0.15) is 6.54 Å². The van der Waals surface area contributed by atoms with Gasteiger partial charge in [0.2, 0.25) is 11.8 Å². The van der Waals surface area contributed by atoms with Crippen molar-refractivity contribution in [1.82, 2.24) is 0 Å². The largest absolute Gasteiger partial charge is 0.323 e. The zero-order chi connectivity index (χ0) is 16.1. The van der Waals surface area contributed by atoms with Crippen molar-refractivity contribution >= 4 is 34.8 Å². The number of nitrogens with zero attached hydrogens (tertiary/aromatic N) is 1. The maximum Gasteiger partial charge on any atom is 0.244 e. The van der Waals surface area contributed by atoms with Crippen LogP contribution in [0.25, 0.3) is 0 Å². The molecule has 0 aromatic heterocycles. The van der Waals surface area contributed by atoms with Crippen molar-refractivity contribution in [2.24, 2.45) is 0 Å². The number of aryl methyl sites for hydroxylation is 1. The summed E-state index contributed by atoms with van der Waals surface area (Å²) in [4.78, 5) is 25.4. The Morgan fingerprint density at radius 2 is 1.73 bits per heavy atom. The summed E-state index contributed by atoms with van der Waals surface area (Å²) in [6.07, 6.45) is 0. The quantitative estimate of drug-likeness (QED) is 0.936. The third-order valence-corrected chi connectivity index (χ3v) is 3.51. The van der Waals surface area contributed by atoms with E-state index < -0.39 is 0 Å². The molecule has 0 aliphatic heterocycles. The SMILES string of the molecule is CC(=O)N(CC(=O)Nc1ccccc1Cl)c1ccc(C)cc1. The number of hydrogen-bond acceptors (Lipinski definition) is 2. The molecule has 4 nitrogen and oxygen atoms in total. The predicted octanol–water partition coefficient (Wildman–Crippen LogP) is 3.64. The Labute approximate surface area is 134 Å². The van der Waals surface area contributed by atoms with Gasteiger partial charge in [0.05, 0.1) is 10.7 Å². The molecule has 2 amide bonds. The minimum atomic E-state index is -0.302. The molecular formula is C17H17ClN2O2. The second-order valence-corrected chi connectivity index (χ2v) is 5.38. The van der Waals surface area contributed by atoms with Crippen LogP contribution in [-0.2, 0) is 9.59 Å². The predicted molar refractivity (Wildman–Crippen MR) is 89.3 cm³/mol. The summed E-state index contributed by atoms with van der Waals surface area (Å²) in [5, 5.41) is 3.17. The number of para-hydroxylation sites is 1. The number of amides is 2. The highest BCUT2D eigenvalue weighted by Gasteiger charge is 2.16. The standard InChI is InChI=1S/C17H17ClN2O2/c1-12-7-9-14(10-8-12)20(13(2)21)11-17(22)19-16-6-4-3-5-15(16)18/h3-10H,11H2,1-2H3,(H,19,22). The fraction of sp³-hybridized carbons (Fsp3) is 0.176. The minimum absolute atomic E-state index is 0.0659. The molecule has 114 valence electrons. The van der Waals surface area contributed by atoms with E-state index in [1.807, 2.05) is 31.2 Å². The Bertz CT molecular complexity index is 683. The van der Waals surface area contributed by atoms with Crippen molar-refractivity contribution in [3.63, 3.8) is 0 Å². The molecular weight excluding hydrogens is 300 g/mol. The van der Waals surface area contributed by atoms with E-state index >= 15 is 0 Å². The van der Waals surface area contributed by atoms with Crippen LogP contribution in [0.5, 0.6) is 0 Å². The van der Waals surface area contributed by atoms with Crippen molar-refractivity contribution in [3.8, 4) is 0 Å². The monoisotopic (exact) mass is 316 g/mol. The van der Waals surface area contributed by atoms with Crippen molar-refractivity contribution < 1.29 is 9.59 Å². The molecule has 0 saturated heterocycles. The van der Waals surface area contributed by atoms with E-state index in [-0.39, 0.29) is 18.4 Å². The first-order chi connectivity index (χ1) is 10.5. The van der Waals surface area contributed by atoms with E-state index in [0.717, 1.165) is 5.56 Å². The van der Waals surface area contributed by atoms with Crippen LogP contribution < -0.4 is 10.2 Å². The van der Waals surface area contributed by atoms with Gasteiger partial charge in [-0.1, -0.05) is 41.4 Å². The Morgan fingerprint density at radius 3 is 2.32 bits per heavy atom. The summed E-state index contributed by atoms with van der Waals surface area (Å²) in [5.41, 5.74) is 2.31. The first-order valence-corrected chi connectivity index (χ1v) is 7.24. The lowest BCUT2D eigenvalue weighted by Gasteiger charge is -2.21. The highest BCUT2D eigenvalue weighted by atomic mass is 35.5. The van der Waals surface area contributed by atoms with Gasteiger partial charge in [-0.2, -0.15) is 0 Å². The van der Waals surface area contributed by atoms with E-state index in [4.69, 9.17) is 11.6 Å². The van der Waals surface area contributed by atoms with E-state index in [0.29, 0.717) is 16.4 Å². The van der Waals surface area contributed by atoms with Gasteiger partial charge in [-0.05, 0) is 31.2 Å². The van der Waals surface area contributed by atoms with Gasteiger partial charge in [0, 0.05) is 12.6 Å². The number of anilines is 2. The average Bonchev–Trinajstić information content (AvgIpc) is 2.48. The molecule has 1 N–H and O–H groups in total. The van der Waals surface area contributed by atoms with Gasteiger partial charge in [0.25, 0.3) is 0 Å². The van der Waals surface area contributed by atoms with Gasteiger partial charge in [-0.3, -0.25) is 9.59 Å². The smallest absolute Gasteiger partial charge is 0.244 e. The lowest BCUT2D eigenvalue weighted by atomic mass is 10.2. The third kappa shape index (κ3) is 4.09. The van der Waals surface area contributed by atoms with E-state index in [1.165, 1.54) is 11.8 Å². The number of rotatable bonds is 4. The lowest BCUT2D eigenvalue weighted by Crippen LogP contribution is -2.36. The third-order valence-electron chi connectivity index (χ3n) is 3.18. The van der Waals surface area contributed by atoms with Crippen LogP contribution in [0.3, 0.4) is 0 Å². The first-order valence-electron chi connectivity index (χ1n) is 6.86. The normalized spacial score (nSPS) is 10.1. The molecule has 0 fully saturated rings. The number of hydrogen-bond donors (Lipinski definition) is 1. The molecule has 0 aliphatic carbocycles. The Hall–Kier alpha value is -2.33. The van der Waals surface area contributed by atoms with Crippen LogP contribution >= 0.6 is 11.6 Å². The number of nitrogens with one attached hydrogen (secondary N) is 1. The van der Waals surface area contributed by atoms with Crippen LogP contribution in [0.1, 0.15) is 12.5 Å². The molecule has 0 saturated carbocycles. The van der Waals surface area contributed by atoms with Crippen LogP contribution in [0, 0.1) is 6.92 Å². The Morgan fingerprint density at radius 1 is 1.09 bits per heavy atom. The number of benzene rings is 2. The zero-order valence-corrected chi connectivity index (χ0v) is 13.2. The molecule has 0 bridgehead atoms. The molecule has 0 radical (unpaired) electrons. The first kappa shape index (κ1) is 16.0. The molecule has 5 heteroatoms. The Kier molecular flexibility index (Phi) is 5.17. The number of carbonyl (C=O) groups excluding carboxylic acids is 2. The van der Waals surface area contributed by atoms with Crippen LogP contribution in [0.4, 0.5) is 11.4 Å². The van der Waals surface area contributed by atoms with E-state index in [1.54, 1.807) is 24.3 Å². The number of halogens is 1. The van der Waals surface area contributed by atoms with Crippen LogP contribution in [0.2, 0.25) is 5.02 Å². The summed E-state index contributed by atoms with van der Waals surface area (Å²) in [6.45, 7) is 3.33. The molecule has 0 unspecified atom stereocenters. The summed E-state index contributed by atoms with van der Waals surface area (Å²) < 4.78 is 0. The summed E-state index contributed by atoms with van der Waals surface area (Å²) in [6, 6.07) is 14.4. The topological polar surface area (TPSA) is 49.4 Å². The van der Waals surface area contributed by atoms with Gasteiger partial charge >= 0.3 is 0 Å². The number of carbonyl (C=O) groups is 2. The fourth-order valence-electron chi connectivity index (χ4n) is 2.01. The maximum atomic E-state index is 12.2. The molecule has 0 heterocycles. The van der Waals surface area contributed by atoms with Gasteiger partial charge in [-0.25, -0.2) is 0 Å². The van der Waals surface area contributed by atoms with Crippen molar-refractivity contribution in [3.05, 3.63) is 59.1 Å². The van der Waals surface area contributed by atoms with Crippen LogP contribution in [-0.4, -0.2) is 18.4 Å². The van der Waals surface area contributed by atoms with Gasteiger partial charge in [0.15, 0.2) is 0 Å². The second kappa shape index (κ2) is 7.09. The summed E-state index contributed by atoms with van der Waals surface area (Å²) >= 11 is 6.01. The maximum absolute atomic E-state index is 12.2. The minimum Gasteiger partial charge on any atom is -0.323 e. The van der Waals surface area contributed by atoms with E-state index in [2.05, 4.69) is 5.32 Å². The van der Waals surface area contributed by atoms with Crippen molar-refractivity contribution in [1.29, 1.82) is 0 Å². The van der Waals surface area contributed by atoms with Crippen molar-refractivity contribution in [2.75, 3.05) is 16.8 Å². The second-order valence-electron chi connectivity index (χ2n) is 4.97. The van der Waals surface area contributed by atoms with Gasteiger partial charge in [-0.15, -0.1) is 0 Å². The zero-order valence-electron chi connectivity index (χ0n) is 12.5. The van der Waals surface area contributed by atoms with E-state index in [9.17, 15) is 9.59 Å². The highest BCUT2D eigenvalue weighted by molar-refractivity contribution is 6.33. The molecule has 2 aromatic rings. The summed E-state index contributed by atoms with van der Waals surface area (Å²) in [5.74, 6) is -0.498. The molecule has 2 aromatic carbocycles. The highest BCUT2D eigenvalue weighted by Crippen LogP contribution is 2.21. The summed E-state index contributed by atoms with van der Waals surface area (Å²) in [7, 11) is 0. The van der Waals surface area contributed by atoms with Gasteiger partial charge < -0.3 is 10.2 Å². The molecule has 0 spiro atoms. The average molecular weight is 317 g/mol. The molecule has 0 aliphatic rings. The molecule has 22 heavy (non-hydrogen) atoms. The fourth-order valence-corrected chi connectivity index (χ4v) is 2.19.